The summed E-state index contributed by atoms with van der Waals surface area (Å²) in [6.07, 6.45) is 21.2. The van der Waals surface area contributed by atoms with E-state index >= 15 is 0 Å². The largest absolute Gasteiger partial charge is 0.464 e. The van der Waals surface area contributed by atoms with Gasteiger partial charge in [-0.3, -0.25) is 0 Å². The minimum absolute atomic E-state index is 0.290. The Hall–Kier alpha value is -1.43. The van der Waals surface area contributed by atoms with Gasteiger partial charge < -0.3 is 9.84 Å². The predicted molar refractivity (Wildman–Crippen MR) is 131 cm³/mol. The maximum Gasteiger partial charge on any atom is 0.333 e. The molecule has 0 aromatic carbocycles. The summed E-state index contributed by atoms with van der Waals surface area (Å²) >= 11 is 0. The van der Waals surface area contributed by atoms with Gasteiger partial charge in [0.15, 0.2) is 6.04 Å². The van der Waals surface area contributed by atoms with Crippen LogP contribution in [0.4, 0.5) is 0 Å². The third-order valence-corrected chi connectivity index (χ3v) is 6.13. The minimum atomic E-state index is -0.810. The molecule has 0 aliphatic rings. The van der Waals surface area contributed by atoms with Crippen LogP contribution in [0.1, 0.15) is 135 Å². The SMILES string of the molecule is CCCCCCCCCCCCCCC[C@H](O)[C@@H](C(=O)OCC)n1cc(CCCC)nn1. The van der Waals surface area contributed by atoms with Crippen molar-refractivity contribution in [1.29, 1.82) is 0 Å². The Morgan fingerprint density at radius 2 is 1.41 bits per heavy atom. The molecule has 1 rings (SSSR count). The normalized spacial score (nSPS) is 13.2. The molecule has 0 aliphatic heterocycles. The third-order valence-electron chi connectivity index (χ3n) is 6.13. The van der Waals surface area contributed by atoms with Gasteiger partial charge in [-0.1, -0.05) is 109 Å². The summed E-state index contributed by atoms with van der Waals surface area (Å²) < 4.78 is 6.70. The van der Waals surface area contributed by atoms with Crippen LogP contribution in [0.2, 0.25) is 0 Å². The lowest BCUT2D eigenvalue weighted by Gasteiger charge is -2.21. The maximum absolute atomic E-state index is 12.5. The zero-order chi connectivity index (χ0) is 23.4. The van der Waals surface area contributed by atoms with E-state index in [4.69, 9.17) is 4.74 Å². The van der Waals surface area contributed by atoms with Crippen molar-refractivity contribution in [1.82, 2.24) is 15.0 Å². The molecular formula is C26H49N3O3. The van der Waals surface area contributed by atoms with Gasteiger partial charge in [-0.2, -0.15) is 0 Å². The molecule has 0 bridgehead atoms. The highest BCUT2D eigenvalue weighted by Gasteiger charge is 2.31. The monoisotopic (exact) mass is 451 g/mol. The summed E-state index contributed by atoms with van der Waals surface area (Å²) in [7, 11) is 0. The summed E-state index contributed by atoms with van der Waals surface area (Å²) in [6.45, 7) is 6.46. The number of aliphatic hydroxyl groups is 1. The zero-order valence-corrected chi connectivity index (χ0v) is 21.1. The molecule has 1 aromatic heterocycles. The van der Waals surface area contributed by atoms with Crippen LogP contribution in [0, 0.1) is 0 Å². The Bertz CT molecular complexity index is 576. The zero-order valence-electron chi connectivity index (χ0n) is 21.1. The first-order valence-corrected chi connectivity index (χ1v) is 13.4. The van der Waals surface area contributed by atoms with Crippen molar-refractivity contribution >= 4 is 5.97 Å². The van der Waals surface area contributed by atoms with Crippen LogP contribution < -0.4 is 0 Å². The topological polar surface area (TPSA) is 77.2 Å². The lowest BCUT2D eigenvalue weighted by Crippen LogP contribution is -2.33. The number of unbranched alkanes of at least 4 members (excludes halogenated alkanes) is 13. The fourth-order valence-corrected chi connectivity index (χ4v) is 4.12. The van der Waals surface area contributed by atoms with Gasteiger partial charge in [0.1, 0.15) is 0 Å². The van der Waals surface area contributed by atoms with E-state index in [1.165, 1.54) is 75.3 Å². The molecular weight excluding hydrogens is 402 g/mol. The van der Waals surface area contributed by atoms with Gasteiger partial charge in [0.2, 0.25) is 0 Å². The number of aromatic nitrogens is 3. The molecule has 2 atom stereocenters. The molecule has 0 saturated heterocycles. The first kappa shape index (κ1) is 28.6. The molecule has 0 aliphatic carbocycles. The number of rotatable bonds is 21. The number of aryl methyl sites for hydroxylation is 1. The second-order valence-corrected chi connectivity index (χ2v) is 9.09. The molecule has 0 spiro atoms. The second kappa shape index (κ2) is 19.1. The van der Waals surface area contributed by atoms with Crippen molar-refractivity contribution in [2.75, 3.05) is 6.61 Å². The van der Waals surface area contributed by atoms with Gasteiger partial charge in [-0.05, 0) is 26.2 Å². The smallest absolute Gasteiger partial charge is 0.333 e. The standard InChI is InChI=1S/C26H49N3O3/c1-4-7-9-10-11-12-13-14-15-16-17-18-19-21-24(30)25(26(31)32-6-3)29-22-23(27-28-29)20-8-5-2/h22,24-25,30H,4-21H2,1-3H3/t24-,25-/m0/s1. The Morgan fingerprint density at radius 3 is 1.94 bits per heavy atom. The van der Waals surface area contributed by atoms with E-state index in [0.717, 1.165) is 37.8 Å². The molecule has 0 radical (unpaired) electrons. The number of esters is 1. The molecule has 32 heavy (non-hydrogen) atoms. The lowest BCUT2D eigenvalue weighted by atomic mass is 10.0. The first-order valence-electron chi connectivity index (χ1n) is 13.4. The van der Waals surface area contributed by atoms with Gasteiger partial charge in [-0.25, -0.2) is 9.48 Å². The maximum atomic E-state index is 12.5. The molecule has 1 aromatic rings. The Kier molecular flexibility index (Phi) is 17.1. The van der Waals surface area contributed by atoms with E-state index in [-0.39, 0.29) is 6.61 Å². The van der Waals surface area contributed by atoms with Gasteiger partial charge >= 0.3 is 5.97 Å². The van der Waals surface area contributed by atoms with Crippen LogP contribution in [-0.2, 0) is 16.0 Å². The Labute approximate surface area is 196 Å². The van der Waals surface area contributed by atoms with E-state index in [0.29, 0.717) is 6.42 Å². The van der Waals surface area contributed by atoms with Crippen LogP contribution in [0.3, 0.4) is 0 Å². The van der Waals surface area contributed by atoms with Crippen LogP contribution in [0.5, 0.6) is 0 Å². The number of carbonyl (C=O) groups is 1. The minimum Gasteiger partial charge on any atom is -0.464 e. The number of aliphatic hydroxyl groups excluding tert-OH is 1. The number of ether oxygens (including phenoxy) is 1. The van der Waals surface area contributed by atoms with Crippen molar-refractivity contribution in [3.8, 4) is 0 Å². The molecule has 186 valence electrons. The van der Waals surface area contributed by atoms with Crippen molar-refractivity contribution in [3.05, 3.63) is 11.9 Å². The molecule has 0 fully saturated rings. The van der Waals surface area contributed by atoms with E-state index in [9.17, 15) is 9.90 Å². The highest BCUT2D eigenvalue weighted by Crippen LogP contribution is 2.20. The van der Waals surface area contributed by atoms with E-state index in [1.807, 2.05) is 0 Å². The Morgan fingerprint density at radius 1 is 0.875 bits per heavy atom. The summed E-state index contributed by atoms with van der Waals surface area (Å²) in [4.78, 5) is 12.5. The summed E-state index contributed by atoms with van der Waals surface area (Å²) in [5.74, 6) is -0.429. The van der Waals surface area contributed by atoms with Gasteiger partial charge in [0.05, 0.1) is 18.4 Å². The Balaban J connectivity index is 2.25. The van der Waals surface area contributed by atoms with Crippen LogP contribution in [0.15, 0.2) is 6.20 Å². The average Bonchev–Trinajstić information content (AvgIpc) is 3.24. The fourth-order valence-electron chi connectivity index (χ4n) is 4.12. The summed E-state index contributed by atoms with van der Waals surface area (Å²) in [5.41, 5.74) is 0.856. The molecule has 0 amide bonds. The van der Waals surface area contributed by atoms with Crippen LogP contribution in [0.25, 0.3) is 0 Å². The molecule has 1 heterocycles. The van der Waals surface area contributed by atoms with Crippen molar-refractivity contribution in [2.24, 2.45) is 0 Å². The van der Waals surface area contributed by atoms with E-state index < -0.39 is 18.1 Å². The molecule has 6 nitrogen and oxygen atoms in total. The first-order chi connectivity index (χ1) is 15.6. The van der Waals surface area contributed by atoms with Crippen molar-refractivity contribution in [3.63, 3.8) is 0 Å². The van der Waals surface area contributed by atoms with Crippen LogP contribution in [-0.4, -0.2) is 38.8 Å². The lowest BCUT2D eigenvalue weighted by molar-refractivity contribution is -0.151. The number of carbonyl (C=O) groups excluding carboxylic acids is 1. The van der Waals surface area contributed by atoms with Crippen molar-refractivity contribution in [2.45, 2.75) is 142 Å². The highest BCUT2D eigenvalue weighted by atomic mass is 16.5. The van der Waals surface area contributed by atoms with Crippen LogP contribution >= 0.6 is 0 Å². The van der Waals surface area contributed by atoms with E-state index in [2.05, 4.69) is 24.2 Å². The number of nitrogens with zero attached hydrogens (tertiary/aromatic N) is 3. The van der Waals surface area contributed by atoms with Gasteiger partial charge in [0, 0.05) is 6.20 Å². The molecule has 0 saturated carbocycles. The summed E-state index contributed by atoms with van der Waals surface area (Å²) in [5, 5.41) is 19.0. The summed E-state index contributed by atoms with van der Waals surface area (Å²) in [6, 6.07) is -0.810. The molecule has 1 N–H and O–H groups in total. The predicted octanol–water partition coefficient (Wildman–Crippen LogP) is 6.57. The van der Waals surface area contributed by atoms with Gasteiger partial charge in [0.25, 0.3) is 0 Å². The third kappa shape index (κ3) is 12.6. The molecule has 0 unspecified atom stereocenters. The number of hydrogen-bond donors (Lipinski definition) is 1. The highest BCUT2D eigenvalue weighted by molar-refractivity contribution is 5.74. The second-order valence-electron chi connectivity index (χ2n) is 9.09. The average molecular weight is 452 g/mol. The fraction of sp³-hybridized carbons (Fsp3) is 0.885. The van der Waals surface area contributed by atoms with Gasteiger partial charge in [-0.15, -0.1) is 5.10 Å². The quantitative estimate of drug-likeness (QED) is 0.169. The number of hydrogen-bond acceptors (Lipinski definition) is 5. The van der Waals surface area contributed by atoms with E-state index in [1.54, 1.807) is 13.1 Å². The van der Waals surface area contributed by atoms with Crippen molar-refractivity contribution < 1.29 is 14.6 Å². The molecule has 6 heteroatoms.